The van der Waals surface area contributed by atoms with Gasteiger partial charge in [-0.1, -0.05) is 0 Å². The molecule has 4 nitrogen and oxygen atoms in total. The molecule has 0 unspecified atom stereocenters. The van der Waals surface area contributed by atoms with E-state index in [1.165, 1.54) is 13.2 Å². The van der Waals surface area contributed by atoms with Gasteiger partial charge in [-0.05, 0) is 46.3 Å². The number of fused-ring (bicyclic) bond motifs is 1. The number of hydrogen-bond acceptors (Lipinski definition) is 3. The van der Waals surface area contributed by atoms with Crippen molar-refractivity contribution in [3.63, 3.8) is 0 Å². The number of imidazole rings is 1. The molecule has 102 valence electrons. The zero-order chi connectivity index (χ0) is 14.3. The fraction of sp³-hybridized carbons (Fsp3) is 0.0714. The minimum Gasteiger partial charge on any atom is -0.494 e. The van der Waals surface area contributed by atoms with Crippen LogP contribution >= 0.6 is 15.9 Å². The standard InChI is InChI=1S/C14H11BrFN3O/c1-20-12-3-2-8(6-10(12)16)14-18-13(15)11-7-9(17)4-5-19(11)14/h2-7H,17H2,1H3. The van der Waals surface area contributed by atoms with E-state index in [1.807, 2.05) is 4.40 Å². The maximum Gasteiger partial charge on any atom is 0.165 e. The number of anilines is 1. The third-order valence-corrected chi connectivity index (χ3v) is 3.62. The Morgan fingerprint density at radius 3 is 2.80 bits per heavy atom. The lowest BCUT2D eigenvalue weighted by atomic mass is 10.2. The fourth-order valence-corrected chi connectivity index (χ4v) is 2.55. The first-order chi connectivity index (χ1) is 9.60. The van der Waals surface area contributed by atoms with Gasteiger partial charge in [-0.3, -0.25) is 4.40 Å². The number of pyridine rings is 1. The first-order valence-electron chi connectivity index (χ1n) is 5.87. The molecule has 2 aromatic heterocycles. The summed E-state index contributed by atoms with van der Waals surface area (Å²) in [6.45, 7) is 0. The fourth-order valence-electron chi connectivity index (χ4n) is 2.07. The molecule has 0 bridgehead atoms. The molecule has 3 aromatic rings. The number of ether oxygens (including phenoxy) is 1. The molecule has 0 spiro atoms. The molecule has 0 saturated carbocycles. The number of hydrogen-bond donors (Lipinski definition) is 1. The molecule has 2 heterocycles. The minimum atomic E-state index is -0.423. The van der Waals surface area contributed by atoms with Crippen LogP contribution in [0.15, 0.2) is 41.1 Å². The average molecular weight is 336 g/mol. The van der Waals surface area contributed by atoms with Crippen molar-refractivity contribution < 1.29 is 9.13 Å². The monoisotopic (exact) mass is 335 g/mol. The van der Waals surface area contributed by atoms with E-state index in [9.17, 15) is 4.39 Å². The van der Waals surface area contributed by atoms with Crippen LogP contribution in [0.4, 0.5) is 10.1 Å². The molecule has 0 atom stereocenters. The molecule has 6 heteroatoms. The molecule has 0 aliphatic carbocycles. The van der Waals surface area contributed by atoms with Crippen LogP contribution in [0, 0.1) is 5.82 Å². The van der Waals surface area contributed by atoms with Gasteiger partial charge in [0.25, 0.3) is 0 Å². The summed E-state index contributed by atoms with van der Waals surface area (Å²) in [5, 5.41) is 0. The van der Waals surface area contributed by atoms with E-state index < -0.39 is 5.82 Å². The number of aromatic nitrogens is 2. The lowest BCUT2D eigenvalue weighted by Gasteiger charge is -2.05. The van der Waals surface area contributed by atoms with Gasteiger partial charge in [-0.15, -0.1) is 0 Å². The zero-order valence-corrected chi connectivity index (χ0v) is 12.2. The maximum absolute atomic E-state index is 13.8. The Morgan fingerprint density at radius 1 is 1.30 bits per heavy atom. The van der Waals surface area contributed by atoms with E-state index in [4.69, 9.17) is 10.5 Å². The lowest BCUT2D eigenvalue weighted by Crippen LogP contribution is -1.93. The topological polar surface area (TPSA) is 52.5 Å². The molecule has 0 fully saturated rings. The number of nitrogens with zero attached hydrogens (tertiary/aromatic N) is 2. The Morgan fingerprint density at radius 2 is 2.10 bits per heavy atom. The van der Waals surface area contributed by atoms with Gasteiger partial charge in [0.1, 0.15) is 10.4 Å². The number of halogens is 2. The van der Waals surface area contributed by atoms with Crippen molar-refractivity contribution >= 4 is 27.1 Å². The zero-order valence-electron chi connectivity index (χ0n) is 10.6. The minimum absolute atomic E-state index is 0.206. The van der Waals surface area contributed by atoms with Crippen molar-refractivity contribution in [2.45, 2.75) is 0 Å². The molecule has 0 aliphatic heterocycles. The summed E-state index contributed by atoms with van der Waals surface area (Å²) in [5.74, 6) is 0.416. The Kier molecular flexibility index (Phi) is 3.10. The molecule has 2 N–H and O–H groups in total. The van der Waals surface area contributed by atoms with E-state index in [2.05, 4.69) is 20.9 Å². The Balaban J connectivity index is 2.22. The van der Waals surface area contributed by atoms with Gasteiger partial charge in [0.15, 0.2) is 11.6 Å². The molecule has 0 aliphatic rings. The van der Waals surface area contributed by atoms with Crippen LogP contribution in [0.1, 0.15) is 0 Å². The summed E-state index contributed by atoms with van der Waals surface area (Å²) in [5.41, 5.74) is 7.90. The summed E-state index contributed by atoms with van der Waals surface area (Å²) < 4.78 is 21.2. The Labute approximate surface area is 123 Å². The van der Waals surface area contributed by atoms with Crippen molar-refractivity contribution in [1.29, 1.82) is 0 Å². The highest BCUT2D eigenvalue weighted by atomic mass is 79.9. The van der Waals surface area contributed by atoms with Gasteiger partial charge >= 0.3 is 0 Å². The van der Waals surface area contributed by atoms with Crippen molar-refractivity contribution in [3.05, 3.63) is 46.9 Å². The van der Waals surface area contributed by atoms with E-state index in [0.717, 1.165) is 5.52 Å². The first kappa shape index (κ1) is 12.9. The van der Waals surface area contributed by atoms with Crippen LogP contribution in [-0.4, -0.2) is 16.5 Å². The summed E-state index contributed by atoms with van der Waals surface area (Å²) >= 11 is 3.39. The predicted molar refractivity (Wildman–Crippen MR) is 79.3 cm³/mol. The van der Waals surface area contributed by atoms with Crippen molar-refractivity contribution in [1.82, 2.24) is 9.38 Å². The summed E-state index contributed by atoms with van der Waals surface area (Å²) in [4.78, 5) is 4.41. The second-order valence-corrected chi connectivity index (χ2v) is 5.04. The van der Waals surface area contributed by atoms with Gasteiger partial charge in [0, 0.05) is 17.4 Å². The normalized spacial score (nSPS) is 10.9. The molecule has 0 saturated heterocycles. The van der Waals surface area contributed by atoms with Crippen molar-refractivity contribution in [2.75, 3.05) is 12.8 Å². The van der Waals surface area contributed by atoms with Crippen LogP contribution in [0.2, 0.25) is 0 Å². The molecule has 0 radical (unpaired) electrons. The number of nitrogen functional groups attached to an aromatic ring is 1. The van der Waals surface area contributed by atoms with Gasteiger partial charge in [0.05, 0.1) is 12.6 Å². The quantitative estimate of drug-likeness (QED) is 0.779. The third-order valence-electron chi connectivity index (χ3n) is 3.03. The predicted octanol–water partition coefficient (Wildman–Crippen LogP) is 3.49. The summed E-state index contributed by atoms with van der Waals surface area (Å²) in [6.07, 6.45) is 1.81. The molecular formula is C14H11BrFN3O. The number of methoxy groups -OCH3 is 1. The molecule has 1 aromatic carbocycles. The van der Waals surface area contributed by atoms with Gasteiger partial charge in [-0.25, -0.2) is 9.37 Å². The SMILES string of the molecule is COc1ccc(-c2nc(Br)c3cc(N)ccn23)cc1F. The molecule has 0 amide bonds. The molecule has 3 rings (SSSR count). The van der Waals surface area contributed by atoms with Crippen LogP contribution in [-0.2, 0) is 0 Å². The van der Waals surface area contributed by atoms with Gasteiger partial charge in [0.2, 0.25) is 0 Å². The Bertz CT molecular complexity index is 800. The van der Waals surface area contributed by atoms with Crippen LogP contribution in [0.25, 0.3) is 16.9 Å². The smallest absolute Gasteiger partial charge is 0.165 e. The first-order valence-corrected chi connectivity index (χ1v) is 6.66. The highest BCUT2D eigenvalue weighted by molar-refractivity contribution is 9.10. The Hall–Kier alpha value is -2.08. The van der Waals surface area contributed by atoms with Crippen LogP contribution in [0.3, 0.4) is 0 Å². The second kappa shape index (κ2) is 4.79. The highest BCUT2D eigenvalue weighted by Gasteiger charge is 2.13. The average Bonchev–Trinajstić information content (AvgIpc) is 2.76. The van der Waals surface area contributed by atoms with Gasteiger partial charge in [-0.2, -0.15) is 0 Å². The number of rotatable bonds is 2. The maximum atomic E-state index is 13.8. The van der Waals surface area contributed by atoms with E-state index in [0.29, 0.717) is 21.7 Å². The number of benzene rings is 1. The van der Waals surface area contributed by atoms with E-state index >= 15 is 0 Å². The lowest BCUT2D eigenvalue weighted by molar-refractivity contribution is 0.386. The van der Waals surface area contributed by atoms with Crippen LogP contribution < -0.4 is 10.5 Å². The molecule has 20 heavy (non-hydrogen) atoms. The van der Waals surface area contributed by atoms with E-state index in [1.54, 1.807) is 30.5 Å². The highest BCUT2D eigenvalue weighted by Crippen LogP contribution is 2.29. The van der Waals surface area contributed by atoms with Crippen molar-refractivity contribution in [2.24, 2.45) is 0 Å². The third kappa shape index (κ3) is 2.02. The van der Waals surface area contributed by atoms with E-state index in [-0.39, 0.29) is 5.75 Å². The largest absolute Gasteiger partial charge is 0.494 e. The molecular weight excluding hydrogens is 325 g/mol. The second-order valence-electron chi connectivity index (χ2n) is 4.29. The number of nitrogens with two attached hydrogens (primary N) is 1. The van der Waals surface area contributed by atoms with Gasteiger partial charge < -0.3 is 10.5 Å². The van der Waals surface area contributed by atoms with Crippen LogP contribution in [0.5, 0.6) is 5.75 Å². The van der Waals surface area contributed by atoms with Crippen molar-refractivity contribution in [3.8, 4) is 17.1 Å². The summed E-state index contributed by atoms with van der Waals surface area (Å²) in [7, 11) is 1.43. The summed E-state index contributed by atoms with van der Waals surface area (Å²) in [6, 6.07) is 8.32.